The van der Waals surface area contributed by atoms with Gasteiger partial charge in [0.2, 0.25) is 0 Å². The molecule has 2 rings (SSSR count). The third-order valence-corrected chi connectivity index (χ3v) is 2.63. The number of thiol groups is 1. The average Bonchev–Trinajstić information content (AvgIpc) is 2.04. The van der Waals surface area contributed by atoms with E-state index in [1.54, 1.807) is 0 Å². The van der Waals surface area contributed by atoms with E-state index < -0.39 is 0 Å². The Kier molecular flexibility index (Phi) is 2.11. The molecule has 0 nitrogen and oxygen atoms in total. The zero-order valence-electron chi connectivity index (χ0n) is 6.29. The smallest absolute Gasteiger partial charge is 0.0192 e. The summed E-state index contributed by atoms with van der Waals surface area (Å²) in [5.41, 5.74) is 0. The molecule has 0 unspecified atom stereocenters. The van der Waals surface area contributed by atoms with Gasteiger partial charge in [0.25, 0.3) is 0 Å². The van der Waals surface area contributed by atoms with Gasteiger partial charge in [-0.15, -0.1) is 12.6 Å². The Morgan fingerprint density at radius 2 is 1.83 bits per heavy atom. The van der Waals surface area contributed by atoms with Gasteiger partial charge in [0.15, 0.2) is 0 Å². The molecule has 0 radical (unpaired) electrons. The Balaban J connectivity index is 2.89. The predicted molar refractivity (Wildman–Crippen MR) is 58.9 cm³/mol. The zero-order valence-corrected chi connectivity index (χ0v) is 8.77. The van der Waals surface area contributed by atoms with E-state index in [1.165, 1.54) is 10.8 Å². The van der Waals surface area contributed by atoms with Gasteiger partial charge in [0.05, 0.1) is 0 Å². The summed E-state index contributed by atoms with van der Waals surface area (Å²) in [6.07, 6.45) is 0. The van der Waals surface area contributed by atoms with Crippen molar-refractivity contribution < 1.29 is 0 Å². The van der Waals surface area contributed by atoms with E-state index >= 15 is 0 Å². The largest absolute Gasteiger partial charge is 0.143 e. The average molecular weight is 239 g/mol. The van der Waals surface area contributed by atoms with Crippen LogP contribution >= 0.6 is 28.6 Å². The summed E-state index contributed by atoms with van der Waals surface area (Å²) in [6.45, 7) is 0. The molecule has 0 N–H and O–H groups in total. The first-order chi connectivity index (χ1) is 5.77. The van der Waals surface area contributed by atoms with Gasteiger partial charge in [-0.25, -0.2) is 0 Å². The Morgan fingerprint density at radius 1 is 1.08 bits per heavy atom. The van der Waals surface area contributed by atoms with Crippen LogP contribution in [-0.4, -0.2) is 0 Å². The molecular weight excluding hydrogens is 232 g/mol. The maximum atomic E-state index is 4.39. The van der Waals surface area contributed by atoms with Gasteiger partial charge in [-0.1, -0.05) is 40.2 Å². The highest BCUT2D eigenvalue weighted by molar-refractivity contribution is 9.10. The van der Waals surface area contributed by atoms with Crippen molar-refractivity contribution in [2.24, 2.45) is 0 Å². The van der Waals surface area contributed by atoms with Crippen LogP contribution in [0.3, 0.4) is 0 Å². The predicted octanol–water partition coefficient (Wildman–Crippen LogP) is 3.89. The molecule has 60 valence electrons. The van der Waals surface area contributed by atoms with Crippen LogP contribution in [0, 0.1) is 0 Å². The summed E-state index contributed by atoms with van der Waals surface area (Å²) in [5.74, 6) is 0. The molecule has 0 saturated carbocycles. The van der Waals surface area contributed by atoms with Crippen molar-refractivity contribution >= 4 is 39.3 Å². The van der Waals surface area contributed by atoms with E-state index in [-0.39, 0.29) is 0 Å². The van der Waals surface area contributed by atoms with Gasteiger partial charge in [-0.05, 0) is 22.9 Å². The first-order valence-electron chi connectivity index (χ1n) is 3.64. The number of hydrogen-bond donors (Lipinski definition) is 1. The molecule has 0 fully saturated rings. The molecular formula is C10H7BrS. The minimum atomic E-state index is 1.01. The summed E-state index contributed by atoms with van der Waals surface area (Å²) in [6, 6.07) is 12.3. The minimum absolute atomic E-state index is 1.01. The van der Waals surface area contributed by atoms with Crippen LogP contribution in [0.25, 0.3) is 10.8 Å². The van der Waals surface area contributed by atoms with Crippen LogP contribution in [0.2, 0.25) is 0 Å². The molecule has 2 aromatic rings. The van der Waals surface area contributed by atoms with Crippen LogP contribution in [-0.2, 0) is 0 Å². The van der Waals surface area contributed by atoms with Crippen molar-refractivity contribution in [1.29, 1.82) is 0 Å². The molecule has 2 aromatic carbocycles. The van der Waals surface area contributed by atoms with Crippen molar-refractivity contribution in [2.45, 2.75) is 4.90 Å². The molecule has 0 heterocycles. The van der Waals surface area contributed by atoms with E-state index in [9.17, 15) is 0 Å². The summed E-state index contributed by atoms with van der Waals surface area (Å²) in [7, 11) is 0. The highest BCUT2D eigenvalue weighted by atomic mass is 79.9. The Labute approximate surface area is 85.1 Å². The van der Waals surface area contributed by atoms with Crippen molar-refractivity contribution in [3.05, 3.63) is 40.9 Å². The first-order valence-corrected chi connectivity index (χ1v) is 4.88. The lowest BCUT2D eigenvalue weighted by Gasteiger charge is -2.01. The Morgan fingerprint density at radius 3 is 2.67 bits per heavy atom. The van der Waals surface area contributed by atoms with Gasteiger partial charge in [-0.2, -0.15) is 0 Å². The maximum Gasteiger partial charge on any atom is 0.0192 e. The lowest BCUT2D eigenvalue weighted by atomic mass is 10.1. The summed E-state index contributed by atoms with van der Waals surface area (Å²) >= 11 is 7.82. The zero-order chi connectivity index (χ0) is 8.55. The van der Waals surface area contributed by atoms with Crippen molar-refractivity contribution in [3.63, 3.8) is 0 Å². The molecule has 0 spiro atoms. The van der Waals surface area contributed by atoms with Crippen LogP contribution in [0.1, 0.15) is 0 Å². The number of hydrogen-bond acceptors (Lipinski definition) is 1. The minimum Gasteiger partial charge on any atom is -0.143 e. The van der Waals surface area contributed by atoms with E-state index in [2.05, 4.69) is 46.8 Å². The number of benzene rings is 2. The quantitative estimate of drug-likeness (QED) is 0.662. The van der Waals surface area contributed by atoms with Crippen LogP contribution < -0.4 is 0 Å². The Bertz CT molecular complexity index is 423. The van der Waals surface area contributed by atoms with Crippen LogP contribution in [0.4, 0.5) is 0 Å². The molecule has 0 aliphatic carbocycles. The fourth-order valence-electron chi connectivity index (χ4n) is 1.25. The van der Waals surface area contributed by atoms with E-state index in [4.69, 9.17) is 0 Å². The summed E-state index contributed by atoms with van der Waals surface area (Å²) < 4.78 is 1.08. The second-order valence-electron chi connectivity index (χ2n) is 2.65. The summed E-state index contributed by atoms with van der Waals surface area (Å²) in [5, 5.41) is 2.42. The molecule has 0 aliphatic rings. The standard InChI is InChI=1S/C10H7BrS/c11-8-5-7-3-1-2-4-9(7)10(12)6-8/h1-6,12H. The van der Waals surface area contributed by atoms with Crippen LogP contribution in [0.5, 0.6) is 0 Å². The Hall–Kier alpha value is -0.470. The van der Waals surface area contributed by atoms with Gasteiger partial charge in [-0.3, -0.25) is 0 Å². The van der Waals surface area contributed by atoms with Crippen LogP contribution in [0.15, 0.2) is 45.8 Å². The second-order valence-corrected chi connectivity index (χ2v) is 4.04. The molecule has 12 heavy (non-hydrogen) atoms. The highest BCUT2D eigenvalue weighted by Crippen LogP contribution is 2.26. The van der Waals surface area contributed by atoms with E-state index in [1.807, 2.05) is 18.2 Å². The normalized spacial score (nSPS) is 10.5. The lowest BCUT2D eigenvalue weighted by Crippen LogP contribution is -1.74. The fraction of sp³-hybridized carbons (Fsp3) is 0. The molecule has 0 aromatic heterocycles. The molecule has 0 aliphatic heterocycles. The molecule has 0 amide bonds. The first kappa shape index (κ1) is 8.14. The SMILES string of the molecule is Sc1cc(Br)cc2ccccc12. The molecule has 0 bridgehead atoms. The number of halogens is 1. The van der Waals surface area contributed by atoms with Crippen molar-refractivity contribution in [3.8, 4) is 0 Å². The third kappa shape index (κ3) is 1.37. The highest BCUT2D eigenvalue weighted by Gasteiger charge is 1.97. The molecule has 0 atom stereocenters. The molecule has 0 saturated heterocycles. The number of fused-ring (bicyclic) bond motifs is 1. The van der Waals surface area contributed by atoms with Gasteiger partial charge in [0, 0.05) is 9.37 Å². The monoisotopic (exact) mass is 238 g/mol. The van der Waals surface area contributed by atoms with Gasteiger partial charge < -0.3 is 0 Å². The van der Waals surface area contributed by atoms with Crippen molar-refractivity contribution in [1.82, 2.24) is 0 Å². The lowest BCUT2D eigenvalue weighted by molar-refractivity contribution is 1.53. The maximum absolute atomic E-state index is 4.39. The van der Waals surface area contributed by atoms with Gasteiger partial charge in [0.1, 0.15) is 0 Å². The third-order valence-electron chi connectivity index (χ3n) is 1.80. The summed E-state index contributed by atoms with van der Waals surface area (Å²) in [4.78, 5) is 1.01. The van der Waals surface area contributed by atoms with E-state index in [0.717, 1.165) is 9.37 Å². The van der Waals surface area contributed by atoms with Crippen molar-refractivity contribution in [2.75, 3.05) is 0 Å². The topological polar surface area (TPSA) is 0 Å². The molecule has 2 heteroatoms. The number of rotatable bonds is 0. The second kappa shape index (κ2) is 3.11. The van der Waals surface area contributed by atoms with E-state index in [0.29, 0.717) is 0 Å². The fourth-order valence-corrected chi connectivity index (χ4v) is 2.25. The van der Waals surface area contributed by atoms with Gasteiger partial charge >= 0.3 is 0 Å².